The average molecular weight is 270 g/mol. The summed E-state index contributed by atoms with van der Waals surface area (Å²) in [6, 6.07) is 0. The van der Waals surface area contributed by atoms with Crippen molar-refractivity contribution in [3.05, 3.63) is 0 Å². The molecule has 3 saturated heterocycles. The number of carbonyl (C=O) groups is 1. The lowest BCUT2D eigenvalue weighted by Crippen LogP contribution is -2.79. The molecule has 0 saturated carbocycles. The Morgan fingerprint density at radius 2 is 1.89 bits per heavy atom. The van der Waals surface area contributed by atoms with Crippen molar-refractivity contribution in [3.63, 3.8) is 0 Å². The molecule has 108 valence electrons. The van der Waals surface area contributed by atoms with Crippen LogP contribution in [-0.2, 0) is 19.0 Å². The van der Waals surface area contributed by atoms with Gasteiger partial charge >= 0.3 is 5.97 Å². The summed E-state index contributed by atoms with van der Waals surface area (Å²) in [6.07, 6.45) is -0.392. The second-order valence-electron chi connectivity index (χ2n) is 6.84. The Labute approximate surface area is 113 Å². The third-order valence-electron chi connectivity index (χ3n) is 5.25. The van der Waals surface area contributed by atoms with E-state index in [0.29, 0.717) is 6.42 Å². The molecule has 0 aromatic heterocycles. The van der Waals surface area contributed by atoms with Crippen molar-refractivity contribution in [1.82, 2.24) is 0 Å². The number of fused-ring (bicyclic) bond motifs is 6. The molecule has 3 heterocycles. The Morgan fingerprint density at radius 1 is 1.26 bits per heavy atom. The molecule has 4 bridgehead atoms. The zero-order chi connectivity index (χ0) is 14.2. The number of aliphatic hydroxyl groups is 1. The summed E-state index contributed by atoms with van der Waals surface area (Å²) in [7, 11) is 0. The van der Waals surface area contributed by atoms with Crippen molar-refractivity contribution < 1.29 is 24.1 Å². The summed E-state index contributed by atoms with van der Waals surface area (Å²) in [6.45, 7) is 9.22. The molecule has 19 heavy (non-hydrogen) atoms. The zero-order valence-electron chi connectivity index (χ0n) is 12.1. The molecule has 3 fully saturated rings. The quantitative estimate of drug-likeness (QED) is 0.671. The van der Waals surface area contributed by atoms with Crippen molar-refractivity contribution in [2.45, 2.75) is 70.2 Å². The molecule has 0 spiro atoms. The summed E-state index contributed by atoms with van der Waals surface area (Å²) < 4.78 is 17.7. The highest BCUT2D eigenvalue weighted by atomic mass is 16.8. The van der Waals surface area contributed by atoms with Crippen LogP contribution in [0, 0.1) is 11.8 Å². The molecular weight excluding hydrogens is 248 g/mol. The molecule has 3 aliphatic rings. The van der Waals surface area contributed by atoms with Crippen molar-refractivity contribution >= 4 is 5.97 Å². The van der Waals surface area contributed by atoms with E-state index in [1.54, 1.807) is 20.8 Å². The molecule has 0 aromatic rings. The monoisotopic (exact) mass is 270 g/mol. The van der Waals surface area contributed by atoms with Gasteiger partial charge in [0.25, 0.3) is 0 Å². The Bertz CT molecular complexity index is 438. The van der Waals surface area contributed by atoms with Gasteiger partial charge in [-0.05, 0) is 33.1 Å². The van der Waals surface area contributed by atoms with E-state index in [1.165, 1.54) is 0 Å². The topological polar surface area (TPSA) is 65.0 Å². The van der Waals surface area contributed by atoms with Gasteiger partial charge in [-0.1, -0.05) is 6.92 Å². The van der Waals surface area contributed by atoms with Gasteiger partial charge in [0.2, 0.25) is 5.79 Å². The minimum absolute atomic E-state index is 0.0680. The number of rotatable bonds is 0. The van der Waals surface area contributed by atoms with Gasteiger partial charge in [-0.15, -0.1) is 0 Å². The van der Waals surface area contributed by atoms with Crippen LogP contribution in [0.5, 0.6) is 0 Å². The maximum Gasteiger partial charge on any atom is 0.314 e. The Balaban J connectivity index is 2.13. The minimum Gasteiger partial charge on any atom is -0.430 e. The predicted octanol–water partition coefficient (Wildman–Crippen LogP) is 1.23. The van der Waals surface area contributed by atoms with Gasteiger partial charge in [0.1, 0.15) is 6.10 Å². The van der Waals surface area contributed by atoms with Gasteiger partial charge in [0.05, 0.1) is 17.6 Å². The summed E-state index contributed by atoms with van der Waals surface area (Å²) in [5.41, 5.74) is -1.60. The standard InChI is InChI=1S/C14H22O5/c1-7-6-12(3)10-8(2)11(16)18-14(5,17-10)13(4,19-12)9(7)15/h7-10,15H,6H2,1-5H3/t7-,8+,9+,10-,12-,13+,14+/m0/s1. The van der Waals surface area contributed by atoms with Crippen molar-refractivity contribution in [1.29, 1.82) is 0 Å². The summed E-state index contributed by atoms with van der Waals surface area (Å²) in [5, 5.41) is 10.5. The first kappa shape index (κ1) is 13.3. The highest BCUT2D eigenvalue weighted by Gasteiger charge is 2.71. The molecule has 0 aliphatic carbocycles. The van der Waals surface area contributed by atoms with Crippen LogP contribution in [0.15, 0.2) is 0 Å². The molecule has 7 atom stereocenters. The van der Waals surface area contributed by atoms with E-state index in [2.05, 4.69) is 0 Å². The van der Waals surface area contributed by atoms with Crippen molar-refractivity contribution in [2.24, 2.45) is 11.8 Å². The molecule has 0 unspecified atom stereocenters. The Kier molecular flexibility index (Phi) is 2.46. The fraction of sp³-hybridized carbons (Fsp3) is 0.929. The Morgan fingerprint density at radius 3 is 2.53 bits per heavy atom. The van der Waals surface area contributed by atoms with Crippen LogP contribution in [0.4, 0.5) is 0 Å². The predicted molar refractivity (Wildman–Crippen MR) is 66.2 cm³/mol. The van der Waals surface area contributed by atoms with E-state index < -0.39 is 23.1 Å². The van der Waals surface area contributed by atoms with Gasteiger partial charge in [-0.3, -0.25) is 4.79 Å². The summed E-state index contributed by atoms with van der Waals surface area (Å²) >= 11 is 0. The molecule has 1 N–H and O–H groups in total. The summed E-state index contributed by atoms with van der Waals surface area (Å²) in [5.74, 6) is -1.79. The normalized spacial score (nSPS) is 60.6. The van der Waals surface area contributed by atoms with E-state index in [1.807, 2.05) is 13.8 Å². The van der Waals surface area contributed by atoms with Crippen LogP contribution in [-0.4, -0.2) is 40.3 Å². The molecule has 0 radical (unpaired) electrons. The fourth-order valence-corrected chi connectivity index (χ4v) is 4.06. The molecule has 3 aliphatic heterocycles. The smallest absolute Gasteiger partial charge is 0.314 e. The fourth-order valence-electron chi connectivity index (χ4n) is 4.06. The summed E-state index contributed by atoms with van der Waals surface area (Å²) in [4.78, 5) is 12.1. The van der Waals surface area contributed by atoms with Crippen LogP contribution < -0.4 is 0 Å². The van der Waals surface area contributed by atoms with Crippen molar-refractivity contribution in [3.8, 4) is 0 Å². The number of esters is 1. The Hall–Kier alpha value is -0.650. The van der Waals surface area contributed by atoms with E-state index in [0.717, 1.165) is 0 Å². The third kappa shape index (κ3) is 1.44. The molecule has 5 heteroatoms. The third-order valence-corrected chi connectivity index (χ3v) is 5.25. The first-order valence-electron chi connectivity index (χ1n) is 6.92. The van der Waals surface area contributed by atoms with Crippen LogP contribution in [0.1, 0.15) is 41.0 Å². The highest BCUT2D eigenvalue weighted by molar-refractivity contribution is 5.74. The van der Waals surface area contributed by atoms with Crippen LogP contribution in [0.25, 0.3) is 0 Å². The van der Waals surface area contributed by atoms with E-state index in [-0.39, 0.29) is 23.9 Å². The van der Waals surface area contributed by atoms with Gasteiger partial charge in [0.15, 0.2) is 5.60 Å². The first-order chi connectivity index (χ1) is 8.63. The number of hydrogen-bond acceptors (Lipinski definition) is 5. The van der Waals surface area contributed by atoms with Gasteiger partial charge in [0, 0.05) is 6.92 Å². The van der Waals surface area contributed by atoms with Crippen molar-refractivity contribution in [2.75, 3.05) is 0 Å². The second-order valence-corrected chi connectivity index (χ2v) is 6.84. The molecule has 0 amide bonds. The SMILES string of the molecule is C[C@H]1C[C@]2(C)O[C@](C)([C@@H]1O)[C@@]1(C)OC(=O)[C@H](C)[C@@H]2O1. The molecule has 3 rings (SSSR count). The second kappa shape index (κ2) is 3.51. The average Bonchev–Trinajstić information content (AvgIpc) is 2.29. The lowest BCUT2D eigenvalue weighted by atomic mass is 9.68. The number of aliphatic hydroxyl groups excluding tert-OH is 1. The van der Waals surface area contributed by atoms with E-state index in [4.69, 9.17) is 14.2 Å². The zero-order valence-corrected chi connectivity index (χ0v) is 12.1. The van der Waals surface area contributed by atoms with E-state index in [9.17, 15) is 9.90 Å². The first-order valence-corrected chi connectivity index (χ1v) is 6.92. The van der Waals surface area contributed by atoms with Gasteiger partial charge in [-0.2, -0.15) is 0 Å². The van der Waals surface area contributed by atoms with Crippen LogP contribution in [0.3, 0.4) is 0 Å². The van der Waals surface area contributed by atoms with Gasteiger partial charge in [-0.25, -0.2) is 0 Å². The van der Waals surface area contributed by atoms with Crippen LogP contribution >= 0.6 is 0 Å². The maximum absolute atomic E-state index is 12.1. The number of ether oxygens (including phenoxy) is 3. The lowest BCUT2D eigenvalue weighted by molar-refractivity contribution is -0.457. The minimum atomic E-state index is -1.23. The lowest BCUT2D eigenvalue weighted by Gasteiger charge is -2.65. The molecule has 5 nitrogen and oxygen atoms in total. The highest BCUT2D eigenvalue weighted by Crippen LogP contribution is 2.56. The largest absolute Gasteiger partial charge is 0.430 e. The van der Waals surface area contributed by atoms with Crippen LogP contribution in [0.2, 0.25) is 0 Å². The maximum atomic E-state index is 12.1. The number of carbonyl (C=O) groups excluding carboxylic acids is 1. The van der Waals surface area contributed by atoms with Gasteiger partial charge < -0.3 is 19.3 Å². The van der Waals surface area contributed by atoms with E-state index >= 15 is 0 Å². The number of hydrogen-bond donors (Lipinski definition) is 1. The molecular formula is C14H22O5. The molecule has 0 aromatic carbocycles.